The molecule has 1 aromatic rings. The van der Waals surface area contributed by atoms with Gasteiger partial charge < -0.3 is 0 Å². The summed E-state index contributed by atoms with van der Waals surface area (Å²) in [5.41, 5.74) is 3.53. The van der Waals surface area contributed by atoms with Gasteiger partial charge in [-0.1, -0.05) is 22.0 Å². The minimum absolute atomic E-state index is 0.152. The first kappa shape index (κ1) is 10.9. The molecule has 0 spiro atoms. The highest BCUT2D eigenvalue weighted by molar-refractivity contribution is 9.10. The molecule has 0 N–H and O–H groups in total. The molecule has 1 fully saturated rings. The lowest BCUT2D eigenvalue weighted by molar-refractivity contribution is -0.119. The Bertz CT molecular complexity index is 430. The highest BCUT2D eigenvalue weighted by Gasteiger charge is 2.49. The zero-order chi connectivity index (χ0) is 11.2. The summed E-state index contributed by atoms with van der Waals surface area (Å²) in [6, 6.07) is 4.28. The van der Waals surface area contributed by atoms with Crippen molar-refractivity contribution in [2.24, 2.45) is 0 Å². The first-order chi connectivity index (χ1) is 6.97. The predicted octanol–water partition coefficient (Wildman–Crippen LogP) is 3.69. The van der Waals surface area contributed by atoms with Gasteiger partial charge in [0.1, 0.15) is 5.78 Å². The van der Waals surface area contributed by atoms with Crippen molar-refractivity contribution in [2.45, 2.75) is 39.0 Å². The molecule has 2 rings (SSSR count). The second-order valence-electron chi connectivity index (χ2n) is 4.55. The van der Waals surface area contributed by atoms with Gasteiger partial charge in [-0.15, -0.1) is 0 Å². The van der Waals surface area contributed by atoms with Crippen molar-refractivity contribution in [1.82, 2.24) is 0 Å². The van der Waals surface area contributed by atoms with Crippen molar-refractivity contribution in [3.05, 3.63) is 33.3 Å². The van der Waals surface area contributed by atoms with Gasteiger partial charge in [0.25, 0.3) is 0 Å². The molecule has 2 heteroatoms. The molecule has 0 heterocycles. The number of benzene rings is 1. The Morgan fingerprint density at radius 3 is 2.33 bits per heavy atom. The monoisotopic (exact) mass is 266 g/mol. The van der Waals surface area contributed by atoms with Gasteiger partial charge in [-0.2, -0.15) is 0 Å². The summed E-state index contributed by atoms with van der Waals surface area (Å²) >= 11 is 3.54. The molecular weight excluding hydrogens is 252 g/mol. The molecule has 0 atom stereocenters. The van der Waals surface area contributed by atoms with Crippen LogP contribution in [0.5, 0.6) is 0 Å². The Kier molecular flexibility index (Phi) is 2.50. The molecule has 1 saturated carbocycles. The number of rotatable bonds is 2. The SMILES string of the molecule is CC(=O)C1(c2cc(Br)c(C)cc2C)CC1. The fourth-order valence-electron chi connectivity index (χ4n) is 2.28. The minimum atomic E-state index is -0.152. The molecule has 0 radical (unpaired) electrons. The first-order valence-corrected chi connectivity index (χ1v) is 6.05. The van der Waals surface area contributed by atoms with Crippen molar-refractivity contribution in [3.8, 4) is 0 Å². The Morgan fingerprint density at radius 2 is 1.87 bits per heavy atom. The van der Waals surface area contributed by atoms with E-state index in [1.807, 2.05) is 0 Å². The van der Waals surface area contributed by atoms with Crippen LogP contribution in [0, 0.1) is 13.8 Å². The summed E-state index contributed by atoms with van der Waals surface area (Å²) in [4.78, 5) is 11.7. The fourth-order valence-corrected chi connectivity index (χ4v) is 2.62. The van der Waals surface area contributed by atoms with Crippen LogP contribution in [0.15, 0.2) is 16.6 Å². The van der Waals surface area contributed by atoms with E-state index in [1.165, 1.54) is 16.7 Å². The number of hydrogen-bond acceptors (Lipinski definition) is 1. The third-order valence-corrected chi connectivity index (χ3v) is 4.30. The molecule has 1 aliphatic rings. The standard InChI is InChI=1S/C13H15BrO/c1-8-6-9(2)12(14)7-11(8)13(4-5-13)10(3)15/h6-7H,4-5H2,1-3H3. The lowest BCUT2D eigenvalue weighted by Crippen LogP contribution is -2.18. The van der Waals surface area contributed by atoms with Crippen molar-refractivity contribution >= 4 is 21.7 Å². The average Bonchev–Trinajstić information content (AvgIpc) is 2.92. The van der Waals surface area contributed by atoms with Crippen LogP contribution >= 0.6 is 15.9 Å². The first-order valence-electron chi connectivity index (χ1n) is 5.25. The summed E-state index contributed by atoms with van der Waals surface area (Å²) < 4.78 is 1.11. The lowest BCUT2D eigenvalue weighted by atomic mass is 9.88. The summed E-state index contributed by atoms with van der Waals surface area (Å²) in [7, 11) is 0. The maximum Gasteiger partial charge on any atom is 0.140 e. The lowest BCUT2D eigenvalue weighted by Gasteiger charge is -2.16. The molecule has 80 valence electrons. The van der Waals surface area contributed by atoms with Crippen LogP contribution in [0.3, 0.4) is 0 Å². The van der Waals surface area contributed by atoms with Crippen LogP contribution in [0.2, 0.25) is 0 Å². The quantitative estimate of drug-likeness (QED) is 0.798. The molecule has 0 aliphatic heterocycles. The normalized spacial score (nSPS) is 17.6. The molecule has 15 heavy (non-hydrogen) atoms. The van der Waals surface area contributed by atoms with Crippen LogP contribution in [-0.4, -0.2) is 5.78 Å². The molecule has 0 aromatic heterocycles. The van der Waals surface area contributed by atoms with Crippen molar-refractivity contribution in [3.63, 3.8) is 0 Å². The Balaban J connectivity index is 2.54. The largest absolute Gasteiger partial charge is 0.299 e. The van der Waals surface area contributed by atoms with Gasteiger partial charge in [0.15, 0.2) is 0 Å². The zero-order valence-electron chi connectivity index (χ0n) is 9.36. The number of hydrogen-bond donors (Lipinski definition) is 0. The zero-order valence-corrected chi connectivity index (χ0v) is 10.9. The Labute approximate surface area is 99.0 Å². The fraction of sp³-hybridized carbons (Fsp3) is 0.462. The summed E-state index contributed by atoms with van der Waals surface area (Å²) in [6.45, 7) is 5.88. The number of Topliss-reactive ketones (excluding diaryl/α,β-unsaturated/α-hetero) is 1. The van der Waals surface area contributed by atoms with Gasteiger partial charge in [0, 0.05) is 4.47 Å². The third-order valence-electron chi connectivity index (χ3n) is 3.45. The second-order valence-corrected chi connectivity index (χ2v) is 5.41. The average molecular weight is 267 g/mol. The van der Waals surface area contributed by atoms with Crippen LogP contribution in [0.4, 0.5) is 0 Å². The van der Waals surface area contributed by atoms with Crippen molar-refractivity contribution < 1.29 is 4.79 Å². The maximum absolute atomic E-state index is 11.7. The highest BCUT2D eigenvalue weighted by Crippen LogP contribution is 2.50. The number of carbonyl (C=O) groups is 1. The molecule has 1 aliphatic carbocycles. The molecule has 0 bridgehead atoms. The maximum atomic E-state index is 11.7. The Hall–Kier alpha value is -0.630. The molecule has 0 unspecified atom stereocenters. The minimum Gasteiger partial charge on any atom is -0.299 e. The van der Waals surface area contributed by atoms with Gasteiger partial charge in [0.05, 0.1) is 5.41 Å². The third kappa shape index (κ3) is 1.65. The van der Waals surface area contributed by atoms with E-state index in [2.05, 4.69) is 41.9 Å². The van der Waals surface area contributed by atoms with E-state index in [1.54, 1.807) is 6.92 Å². The summed E-state index contributed by atoms with van der Waals surface area (Å²) in [5, 5.41) is 0. The molecular formula is C13H15BrO. The number of ketones is 1. The van der Waals surface area contributed by atoms with E-state index in [4.69, 9.17) is 0 Å². The van der Waals surface area contributed by atoms with Gasteiger partial charge in [-0.25, -0.2) is 0 Å². The number of carbonyl (C=O) groups excluding carboxylic acids is 1. The number of halogens is 1. The topological polar surface area (TPSA) is 17.1 Å². The smallest absolute Gasteiger partial charge is 0.140 e. The molecule has 1 nitrogen and oxygen atoms in total. The highest BCUT2D eigenvalue weighted by atomic mass is 79.9. The summed E-state index contributed by atoms with van der Waals surface area (Å²) in [5.74, 6) is 0.307. The van der Waals surface area contributed by atoms with Crippen LogP contribution in [-0.2, 0) is 10.2 Å². The van der Waals surface area contributed by atoms with Gasteiger partial charge >= 0.3 is 0 Å². The van der Waals surface area contributed by atoms with E-state index in [0.717, 1.165) is 17.3 Å². The van der Waals surface area contributed by atoms with Crippen LogP contribution in [0.25, 0.3) is 0 Å². The predicted molar refractivity (Wildman–Crippen MR) is 65.2 cm³/mol. The summed E-state index contributed by atoms with van der Waals surface area (Å²) in [6.07, 6.45) is 2.03. The molecule has 1 aromatic carbocycles. The van der Waals surface area contributed by atoms with Gasteiger partial charge in [-0.3, -0.25) is 4.79 Å². The van der Waals surface area contributed by atoms with Gasteiger partial charge in [-0.05, 0) is 56.4 Å². The molecule has 0 amide bonds. The van der Waals surface area contributed by atoms with Crippen LogP contribution in [0.1, 0.15) is 36.5 Å². The van der Waals surface area contributed by atoms with E-state index in [-0.39, 0.29) is 5.41 Å². The van der Waals surface area contributed by atoms with E-state index < -0.39 is 0 Å². The van der Waals surface area contributed by atoms with Crippen molar-refractivity contribution in [2.75, 3.05) is 0 Å². The van der Waals surface area contributed by atoms with Gasteiger partial charge in [0.2, 0.25) is 0 Å². The second kappa shape index (κ2) is 3.44. The molecule has 0 saturated heterocycles. The van der Waals surface area contributed by atoms with Crippen LogP contribution < -0.4 is 0 Å². The number of aryl methyl sites for hydroxylation is 2. The van der Waals surface area contributed by atoms with Crippen molar-refractivity contribution in [1.29, 1.82) is 0 Å². The van der Waals surface area contributed by atoms with E-state index in [9.17, 15) is 4.79 Å². The van der Waals surface area contributed by atoms with E-state index >= 15 is 0 Å². The van der Waals surface area contributed by atoms with E-state index in [0.29, 0.717) is 5.78 Å². The Morgan fingerprint density at radius 1 is 1.27 bits per heavy atom.